The van der Waals surface area contributed by atoms with Crippen LogP contribution in [0.3, 0.4) is 0 Å². The summed E-state index contributed by atoms with van der Waals surface area (Å²) in [6.07, 6.45) is 11.5. The molecule has 2 fully saturated rings. The van der Waals surface area contributed by atoms with Crippen LogP contribution < -0.4 is 0 Å². The Hall–Kier alpha value is 0.440. The van der Waals surface area contributed by atoms with Crippen LogP contribution in [0.25, 0.3) is 0 Å². The number of rotatable bonds is 5. The predicted molar refractivity (Wildman–Crippen MR) is 83.4 cm³/mol. The molecule has 106 valence electrons. The molecule has 1 aliphatic carbocycles. The number of hydrogen-bond acceptors (Lipinski definition) is 1. The van der Waals surface area contributed by atoms with E-state index in [9.17, 15) is 0 Å². The molecule has 0 N–H and O–H groups in total. The van der Waals surface area contributed by atoms with Crippen LogP contribution in [0.2, 0.25) is 0 Å². The number of fused-ring (bicyclic) bond motifs is 1. The molecule has 1 saturated heterocycles. The molecule has 0 bridgehead atoms. The molecule has 18 heavy (non-hydrogen) atoms. The van der Waals surface area contributed by atoms with E-state index in [1.165, 1.54) is 69.8 Å². The first kappa shape index (κ1) is 14.8. The highest BCUT2D eigenvalue weighted by molar-refractivity contribution is 9.09. The first-order valence-corrected chi connectivity index (χ1v) is 9.17. The van der Waals surface area contributed by atoms with Gasteiger partial charge in [-0.1, -0.05) is 42.6 Å². The third-order valence-corrected chi connectivity index (χ3v) is 6.87. The van der Waals surface area contributed by atoms with Gasteiger partial charge in [0.25, 0.3) is 0 Å². The van der Waals surface area contributed by atoms with Crippen molar-refractivity contribution in [3.8, 4) is 0 Å². The minimum atomic E-state index is 0.513. The average Bonchev–Trinajstić information content (AvgIpc) is 2.45. The lowest BCUT2D eigenvalue weighted by Gasteiger charge is -2.47. The number of halogens is 1. The Morgan fingerprint density at radius 3 is 2.39 bits per heavy atom. The van der Waals surface area contributed by atoms with Crippen molar-refractivity contribution in [2.75, 3.05) is 18.4 Å². The van der Waals surface area contributed by atoms with Gasteiger partial charge >= 0.3 is 0 Å². The van der Waals surface area contributed by atoms with Gasteiger partial charge in [-0.05, 0) is 56.4 Å². The summed E-state index contributed by atoms with van der Waals surface area (Å²) < 4.78 is 0. The van der Waals surface area contributed by atoms with E-state index in [0.717, 1.165) is 12.0 Å². The van der Waals surface area contributed by atoms with Gasteiger partial charge in [0.2, 0.25) is 0 Å². The first-order valence-electron chi connectivity index (χ1n) is 8.04. The van der Waals surface area contributed by atoms with Crippen molar-refractivity contribution in [3.05, 3.63) is 0 Å². The van der Waals surface area contributed by atoms with Gasteiger partial charge < -0.3 is 0 Å². The molecule has 1 heterocycles. The molecule has 2 aliphatic rings. The normalized spacial score (nSPS) is 30.2. The summed E-state index contributed by atoms with van der Waals surface area (Å²) in [4.78, 5) is 2.86. The third kappa shape index (κ3) is 3.12. The Labute approximate surface area is 122 Å². The Morgan fingerprint density at radius 1 is 1.06 bits per heavy atom. The maximum atomic E-state index is 3.78. The molecule has 1 aliphatic heterocycles. The Balaban J connectivity index is 2.02. The van der Waals surface area contributed by atoms with Crippen LogP contribution in [0, 0.1) is 11.3 Å². The zero-order chi connectivity index (χ0) is 13.0. The molecule has 0 amide bonds. The fourth-order valence-electron chi connectivity index (χ4n) is 4.06. The molecule has 0 aromatic heterocycles. The fraction of sp³-hybridized carbons (Fsp3) is 1.00. The first-order chi connectivity index (χ1) is 8.74. The lowest BCUT2D eigenvalue weighted by atomic mass is 9.76. The minimum absolute atomic E-state index is 0.513. The molecule has 0 radical (unpaired) electrons. The zero-order valence-electron chi connectivity index (χ0n) is 12.3. The lowest BCUT2D eigenvalue weighted by Crippen LogP contribution is -2.51. The predicted octanol–water partition coefficient (Wildman–Crippen LogP) is 4.84. The smallest absolute Gasteiger partial charge is 0.0124 e. The van der Waals surface area contributed by atoms with E-state index in [0.29, 0.717) is 5.41 Å². The molecular weight excluding hydrogens is 286 g/mol. The van der Waals surface area contributed by atoms with Crippen LogP contribution in [0.5, 0.6) is 0 Å². The summed E-state index contributed by atoms with van der Waals surface area (Å²) in [7, 11) is 0. The second-order valence-electron chi connectivity index (χ2n) is 6.57. The average molecular weight is 316 g/mol. The summed E-state index contributed by atoms with van der Waals surface area (Å²) in [5.74, 6) is 1.02. The van der Waals surface area contributed by atoms with Crippen molar-refractivity contribution >= 4 is 15.9 Å². The monoisotopic (exact) mass is 315 g/mol. The number of likely N-dealkylation sites (tertiary alicyclic amines) is 1. The van der Waals surface area contributed by atoms with Crippen LogP contribution in [0.4, 0.5) is 0 Å². The lowest BCUT2D eigenvalue weighted by molar-refractivity contribution is 0.0271. The molecule has 1 saturated carbocycles. The van der Waals surface area contributed by atoms with Gasteiger partial charge in [0.15, 0.2) is 0 Å². The summed E-state index contributed by atoms with van der Waals surface area (Å²) in [6.45, 7) is 7.42. The van der Waals surface area contributed by atoms with Crippen molar-refractivity contribution in [1.29, 1.82) is 0 Å². The quantitative estimate of drug-likeness (QED) is 0.656. The van der Waals surface area contributed by atoms with Crippen LogP contribution in [-0.4, -0.2) is 29.4 Å². The van der Waals surface area contributed by atoms with Crippen molar-refractivity contribution in [2.45, 2.75) is 71.3 Å². The van der Waals surface area contributed by atoms with Gasteiger partial charge in [-0.25, -0.2) is 0 Å². The van der Waals surface area contributed by atoms with Crippen LogP contribution >= 0.6 is 15.9 Å². The maximum absolute atomic E-state index is 3.78. The van der Waals surface area contributed by atoms with E-state index in [1.54, 1.807) is 0 Å². The summed E-state index contributed by atoms with van der Waals surface area (Å²) in [6, 6.07) is 0.920. The third-order valence-electron chi connectivity index (χ3n) is 5.68. The van der Waals surface area contributed by atoms with Crippen molar-refractivity contribution in [2.24, 2.45) is 11.3 Å². The molecule has 0 aromatic carbocycles. The van der Waals surface area contributed by atoms with Crippen LogP contribution in [-0.2, 0) is 0 Å². The highest BCUT2D eigenvalue weighted by atomic mass is 79.9. The van der Waals surface area contributed by atoms with E-state index >= 15 is 0 Å². The minimum Gasteiger partial charge on any atom is -0.300 e. The van der Waals surface area contributed by atoms with E-state index < -0.39 is 0 Å². The maximum Gasteiger partial charge on any atom is 0.0124 e. The molecule has 0 aromatic rings. The van der Waals surface area contributed by atoms with E-state index in [-0.39, 0.29) is 0 Å². The molecule has 2 rings (SSSR count). The molecule has 2 atom stereocenters. The van der Waals surface area contributed by atoms with Crippen molar-refractivity contribution in [3.63, 3.8) is 0 Å². The standard InChI is InChI=1S/C16H30BrN/c1-3-16(4-2,12-17)13-18-11-7-9-14-8-5-6-10-15(14)18/h14-15H,3-13H2,1-2H3/t14-,15-/m1/s1. The number of nitrogens with zero attached hydrogens (tertiary/aromatic N) is 1. The SMILES string of the molecule is CCC(CC)(CBr)CN1CCC[C@H]2CCCC[C@H]21. The number of piperidine rings is 1. The van der Waals surface area contributed by atoms with Crippen LogP contribution in [0.1, 0.15) is 65.2 Å². The summed E-state index contributed by atoms with van der Waals surface area (Å²) >= 11 is 3.78. The molecular formula is C16H30BrN. The Kier molecular flexibility index (Phi) is 5.56. The van der Waals surface area contributed by atoms with Gasteiger partial charge in [0.05, 0.1) is 0 Å². The highest BCUT2D eigenvalue weighted by Gasteiger charge is 2.37. The second kappa shape index (κ2) is 6.74. The van der Waals surface area contributed by atoms with Gasteiger partial charge in [-0.3, -0.25) is 4.90 Å². The number of alkyl halides is 1. The Morgan fingerprint density at radius 2 is 1.72 bits per heavy atom. The van der Waals surface area contributed by atoms with Crippen molar-refractivity contribution < 1.29 is 0 Å². The second-order valence-corrected chi connectivity index (χ2v) is 7.13. The summed E-state index contributed by atoms with van der Waals surface area (Å²) in [5, 5.41) is 1.17. The zero-order valence-corrected chi connectivity index (χ0v) is 13.8. The topological polar surface area (TPSA) is 3.24 Å². The number of hydrogen-bond donors (Lipinski definition) is 0. The van der Waals surface area contributed by atoms with E-state index in [1.807, 2.05) is 0 Å². The van der Waals surface area contributed by atoms with E-state index in [2.05, 4.69) is 34.7 Å². The fourth-order valence-corrected chi connectivity index (χ4v) is 5.03. The van der Waals surface area contributed by atoms with Crippen molar-refractivity contribution in [1.82, 2.24) is 4.90 Å². The van der Waals surface area contributed by atoms with Gasteiger partial charge in [0, 0.05) is 17.9 Å². The largest absolute Gasteiger partial charge is 0.300 e. The highest BCUT2D eigenvalue weighted by Crippen LogP contribution is 2.38. The molecule has 1 nitrogen and oxygen atoms in total. The van der Waals surface area contributed by atoms with E-state index in [4.69, 9.17) is 0 Å². The summed E-state index contributed by atoms with van der Waals surface area (Å²) in [5.41, 5.74) is 0.513. The molecule has 0 spiro atoms. The Bertz CT molecular complexity index is 239. The molecule has 2 heteroatoms. The van der Waals surface area contributed by atoms with Crippen LogP contribution in [0.15, 0.2) is 0 Å². The molecule has 0 unspecified atom stereocenters. The van der Waals surface area contributed by atoms with Gasteiger partial charge in [0.1, 0.15) is 0 Å². The van der Waals surface area contributed by atoms with Gasteiger partial charge in [-0.2, -0.15) is 0 Å². The van der Waals surface area contributed by atoms with Gasteiger partial charge in [-0.15, -0.1) is 0 Å².